The molecule has 0 aliphatic carbocycles. The molecule has 0 unspecified atom stereocenters. The van der Waals surface area contributed by atoms with Crippen LogP contribution in [-0.4, -0.2) is 19.7 Å². The lowest BCUT2D eigenvalue weighted by molar-refractivity contribution is 0.477. The van der Waals surface area contributed by atoms with Gasteiger partial charge >= 0.3 is 0 Å². The largest absolute Gasteiger partial charge is 0.504 e. The highest BCUT2D eigenvalue weighted by molar-refractivity contribution is 5.51. The molecule has 18 heavy (non-hydrogen) atoms. The van der Waals surface area contributed by atoms with Gasteiger partial charge in [0.15, 0.2) is 17.2 Å². The summed E-state index contributed by atoms with van der Waals surface area (Å²) in [4.78, 5) is 4.24. The van der Waals surface area contributed by atoms with Crippen LogP contribution < -0.4 is 0 Å². The predicted molar refractivity (Wildman–Crippen MR) is 63.9 cm³/mol. The summed E-state index contributed by atoms with van der Waals surface area (Å²) >= 11 is 0. The Labute approximate surface area is 102 Å². The first-order chi connectivity index (χ1) is 8.72. The molecular formula is C13H10FN3O. The van der Waals surface area contributed by atoms with Crippen LogP contribution in [-0.2, 0) is 6.42 Å². The van der Waals surface area contributed by atoms with Crippen molar-refractivity contribution in [3.8, 4) is 5.75 Å². The number of aromatic nitrogens is 3. The average molecular weight is 243 g/mol. The van der Waals surface area contributed by atoms with Crippen LogP contribution in [0.4, 0.5) is 4.39 Å². The Morgan fingerprint density at radius 1 is 1.17 bits per heavy atom. The van der Waals surface area contributed by atoms with E-state index >= 15 is 0 Å². The van der Waals surface area contributed by atoms with Gasteiger partial charge in [-0.1, -0.05) is 12.1 Å². The summed E-state index contributed by atoms with van der Waals surface area (Å²) < 4.78 is 14.3. The van der Waals surface area contributed by atoms with E-state index in [9.17, 15) is 9.50 Å². The van der Waals surface area contributed by atoms with Crippen molar-refractivity contribution in [1.29, 1.82) is 0 Å². The zero-order valence-corrected chi connectivity index (χ0v) is 9.42. The SMILES string of the molecule is Oc1cccn2nc(Cc3ccc(F)cc3)nc12. The topological polar surface area (TPSA) is 50.4 Å². The van der Waals surface area contributed by atoms with E-state index in [1.807, 2.05) is 0 Å². The second-order valence-electron chi connectivity index (χ2n) is 3.99. The maximum atomic E-state index is 12.8. The van der Waals surface area contributed by atoms with Crippen LogP contribution >= 0.6 is 0 Å². The van der Waals surface area contributed by atoms with E-state index in [4.69, 9.17) is 0 Å². The summed E-state index contributed by atoms with van der Waals surface area (Å²) in [5.74, 6) is 0.415. The molecule has 0 fully saturated rings. The molecule has 3 rings (SSSR count). The van der Waals surface area contributed by atoms with Crippen molar-refractivity contribution in [2.24, 2.45) is 0 Å². The zero-order valence-electron chi connectivity index (χ0n) is 9.42. The molecule has 0 saturated carbocycles. The molecule has 1 N–H and O–H groups in total. The van der Waals surface area contributed by atoms with E-state index in [2.05, 4.69) is 10.1 Å². The van der Waals surface area contributed by atoms with Gasteiger partial charge in [-0.05, 0) is 29.8 Å². The fourth-order valence-electron chi connectivity index (χ4n) is 1.80. The lowest BCUT2D eigenvalue weighted by Crippen LogP contribution is -1.92. The molecule has 0 aliphatic heterocycles. The fraction of sp³-hybridized carbons (Fsp3) is 0.0769. The molecule has 4 nitrogen and oxygen atoms in total. The number of fused-ring (bicyclic) bond motifs is 1. The summed E-state index contributed by atoms with van der Waals surface area (Å²) in [6.07, 6.45) is 2.22. The summed E-state index contributed by atoms with van der Waals surface area (Å²) in [7, 11) is 0. The Balaban J connectivity index is 1.95. The Morgan fingerprint density at radius 3 is 2.67 bits per heavy atom. The van der Waals surface area contributed by atoms with Crippen LogP contribution in [0.15, 0.2) is 42.6 Å². The molecule has 0 spiro atoms. The molecule has 90 valence electrons. The van der Waals surface area contributed by atoms with Crippen molar-refractivity contribution < 1.29 is 9.50 Å². The monoisotopic (exact) mass is 243 g/mol. The van der Waals surface area contributed by atoms with Crippen LogP contribution in [0.5, 0.6) is 5.75 Å². The van der Waals surface area contributed by atoms with Crippen LogP contribution in [0.1, 0.15) is 11.4 Å². The smallest absolute Gasteiger partial charge is 0.197 e. The Morgan fingerprint density at radius 2 is 1.94 bits per heavy atom. The normalized spacial score (nSPS) is 10.9. The van der Waals surface area contributed by atoms with Crippen molar-refractivity contribution in [2.75, 3.05) is 0 Å². The van der Waals surface area contributed by atoms with Crippen molar-refractivity contribution >= 4 is 5.65 Å². The van der Waals surface area contributed by atoms with E-state index in [1.165, 1.54) is 16.6 Å². The van der Waals surface area contributed by atoms with Gasteiger partial charge in [0.05, 0.1) is 0 Å². The van der Waals surface area contributed by atoms with Crippen LogP contribution in [0.25, 0.3) is 5.65 Å². The van der Waals surface area contributed by atoms with E-state index in [-0.39, 0.29) is 11.6 Å². The maximum absolute atomic E-state index is 12.8. The minimum Gasteiger partial charge on any atom is -0.504 e. The minimum atomic E-state index is -0.264. The Bertz CT molecular complexity index is 691. The molecule has 0 amide bonds. The molecule has 2 aromatic heterocycles. The molecule has 0 atom stereocenters. The van der Waals surface area contributed by atoms with Crippen molar-refractivity contribution in [3.05, 3.63) is 59.8 Å². The minimum absolute atomic E-state index is 0.0929. The molecule has 0 bridgehead atoms. The van der Waals surface area contributed by atoms with E-state index in [0.717, 1.165) is 5.56 Å². The number of nitrogens with zero attached hydrogens (tertiary/aromatic N) is 3. The number of rotatable bonds is 2. The van der Waals surface area contributed by atoms with Gasteiger partial charge in [-0.3, -0.25) is 0 Å². The third-order valence-electron chi connectivity index (χ3n) is 2.66. The maximum Gasteiger partial charge on any atom is 0.197 e. The van der Waals surface area contributed by atoms with Crippen molar-refractivity contribution in [2.45, 2.75) is 6.42 Å². The first-order valence-electron chi connectivity index (χ1n) is 5.50. The summed E-state index contributed by atoms with van der Waals surface area (Å²) in [6, 6.07) is 9.46. The number of halogens is 1. The molecule has 1 aromatic carbocycles. The Kier molecular flexibility index (Phi) is 2.44. The van der Waals surface area contributed by atoms with Crippen LogP contribution in [0, 0.1) is 5.82 Å². The molecule has 5 heteroatoms. The molecule has 0 saturated heterocycles. The molecule has 2 heterocycles. The average Bonchev–Trinajstić information content (AvgIpc) is 2.76. The van der Waals surface area contributed by atoms with Crippen molar-refractivity contribution in [3.63, 3.8) is 0 Å². The van der Waals surface area contributed by atoms with E-state index < -0.39 is 0 Å². The Hall–Kier alpha value is -2.43. The van der Waals surface area contributed by atoms with Gasteiger partial charge in [0.1, 0.15) is 5.82 Å². The molecular weight excluding hydrogens is 233 g/mol. The fourth-order valence-corrected chi connectivity index (χ4v) is 1.80. The predicted octanol–water partition coefficient (Wildman–Crippen LogP) is 2.16. The second kappa shape index (κ2) is 4.10. The van der Waals surface area contributed by atoms with Crippen LogP contribution in [0.2, 0.25) is 0 Å². The van der Waals surface area contributed by atoms with Crippen LogP contribution in [0.3, 0.4) is 0 Å². The third-order valence-corrected chi connectivity index (χ3v) is 2.66. The van der Waals surface area contributed by atoms with Gasteiger partial charge < -0.3 is 5.11 Å². The molecule has 3 aromatic rings. The summed E-state index contributed by atoms with van der Waals surface area (Å²) in [5, 5.41) is 13.9. The zero-order chi connectivity index (χ0) is 12.5. The number of aromatic hydroxyl groups is 1. The lowest BCUT2D eigenvalue weighted by Gasteiger charge is -1.95. The number of hydrogen-bond donors (Lipinski definition) is 1. The standard InChI is InChI=1S/C13H10FN3O/c14-10-5-3-9(4-6-10)8-12-15-13-11(18)2-1-7-17(13)16-12/h1-7,18H,8H2. The van der Waals surface area contributed by atoms with Gasteiger partial charge in [-0.25, -0.2) is 13.9 Å². The van der Waals surface area contributed by atoms with Gasteiger partial charge in [0.25, 0.3) is 0 Å². The summed E-state index contributed by atoms with van der Waals surface area (Å²) in [6.45, 7) is 0. The lowest BCUT2D eigenvalue weighted by atomic mass is 10.1. The number of pyridine rings is 1. The highest BCUT2D eigenvalue weighted by atomic mass is 19.1. The summed E-state index contributed by atoms with van der Waals surface area (Å²) in [5.41, 5.74) is 1.35. The van der Waals surface area contributed by atoms with Gasteiger partial charge in [-0.15, -0.1) is 0 Å². The quantitative estimate of drug-likeness (QED) is 0.750. The van der Waals surface area contributed by atoms with Gasteiger partial charge in [0.2, 0.25) is 0 Å². The molecule has 0 radical (unpaired) electrons. The highest BCUT2D eigenvalue weighted by Crippen LogP contribution is 2.16. The number of hydrogen-bond acceptors (Lipinski definition) is 3. The molecule has 0 aliphatic rings. The van der Waals surface area contributed by atoms with Crippen molar-refractivity contribution in [1.82, 2.24) is 14.6 Å². The third kappa shape index (κ3) is 1.90. The first kappa shape index (κ1) is 10.7. The van der Waals surface area contributed by atoms with Gasteiger partial charge in [0, 0.05) is 12.6 Å². The second-order valence-corrected chi connectivity index (χ2v) is 3.99. The van der Waals surface area contributed by atoms with Gasteiger partial charge in [-0.2, -0.15) is 5.10 Å². The number of benzene rings is 1. The highest BCUT2D eigenvalue weighted by Gasteiger charge is 2.07. The van der Waals surface area contributed by atoms with E-state index in [0.29, 0.717) is 17.9 Å². The first-order valence-corrected chi connectivity index (χ1v) is 5.50. The van der Waals surface area contributed by atoms with E-state index in [1.54, 1.807) is 30.5 Å².